The molecule has 0 aromatic carbocycles. The molecule has 3 aromatic rings. The maximum Gasteiger partial charge on any atom is 0.147 e. The molecule has 27 heavy (non-hydrogen) atoms. The summed E-state index contributed by atoms with van der Waals surface area (Å²) in [7, 11) is 0. The first-order chi connectivity index (χ1) is 12.8. The summed E-state index contributed by atoms with van der Waals surface area (Å²) in [5, 5.41) is 13.0. The number of likely N-dealkylation sites (tertiary alicyclic amines) is 1. The third-order valence-electron chi connectivity index (χ3n) is 5.54. The Bertz CT molecular complexity index is 927. The number of aromatic nitrogens is 5. The molecule has 0 spiro atoms. The smallest absolute Gasteiger partial charge is 0.147 e. The lowest BCUT2D eigenvalue weighted by molar-refractivity contribution is 0.197. The van der Waals surface area contributed by atoms with Crippen LogP contribution in [0.2, 0.25) is 5.02 Å². The molecule has 3 aromatic heterocycles. The third-order valence-corrected chi connectivity index (χ3v) is 5.76. The van der Waals surface area contributed by atoms with Gasteiger partial charge < -0.3 is 14.3 Å². The largest absolute Gasteiger partial charge is 0.312 e. The Kier molecular flexibility index (Phi) is 5.36. The van der Waals surface area contributed by atoms with Gasteiger partial charge in [-0.2, -0.15) is 0 Å². The van der Waals surface area contributed by atoms with Crippen LogP contribution < -0.4 is 5.32 Å². The fourth-order valence-electron chi connectivity index (χ4n) is 4.12. The Morgan fingerprint density at radius 1 is 1.15 bits per heavy atom. The maximum absolute atomic E-state index is 6.14. The zero-order chi connectivity index (χ0) is 17.5. The van der Waals surface area contributed by atoms with Gasteiger partial charge in [0, 0.05) is 31.7 Å². The minimum atomic E-state index is 0. The number of nitrogens with one attached hydrogen (secondary N) is 1. The molecule has 5 rings (SSSR count). The summed E-state index contributed by atoms with van der Waals surface area (Å²) in [6.07, 6.45) is 6.16. The van der Waals surface area contributed by atoms with Crippen molar-refractivity contribution >= 4 is 29.7 Å². The number of piperidine rings is 1. The monoisotopic (exact) mass is 407 g/mol. The first-order valence-corrected chi connectivity index (χ1v) is 9.62. The molecule has 1 fully saturated rings. The zero-order valence-corrected chi connectivity index (χ0v) is 16.6. The van der Waals surface area contributed by atoms with Gasteiger partial charge in [-0.15, -0.1) is 22.6 Å². The minimum absolute atomic E-state index is 0. The molecule has 2 aliphatic rings. The van der Waals surface area contributed by atoms with Crippen LogP contribution in [0.5, 0.6) is 0 Å². The molecule has 0 bridgehead atoms. The van der Waals surface area contributed by atoms with E-state index >= 15 is 0 Å². The van der Waals surface area contributed by atoms with Crippen molar-refractivity contribution in [3.8, 4) is 0 Å². The average molecular weight is 408 g/mol. The van der Waals surface area contributed by atoms with Gasteiger partial charge in [0.1, 0.15) is 17.3 Å². The highest BCUT2D eigenvalue weighted by Crippen LogP contribution is 2.28. The van der Waals surface area contributed by atoms with Crippen molar-refractivity contribution in [2.45, 2.75) is 38.4 Å². The lowest BCUT2D eigenvalue weighted by atomic mass is 9.95. The molecule has 2 aliphatic heterocycles. The number of pyridine rings is 1. The van der Waals surface area contributed by atoms with Gasteiger partial charge in [-0.3, -0.25) is 4.90 Å². The summed E-state index contributed by atoms with van der Waals surface area (Å²) in [6, 6.07) is 3.84. The fourth-order valence-corrected chi connectivity index (χ4v) is 4.28. The topological polar surface area (TPSA) is 63.3 Å². The quantitative estimate of drug-likeness (QED) is 0.722. The van der Waals surface area contributed by atoms with E-state index in [-0.39, 0.29) is 12.4 Å². The van der Waals surface area contributed by atoms with Crippen LogP contribution in [-0.4, -0.2) is 48.7 Å². The van der Waals surface area contributed by atoms with Gasteiger partial charge in [-0.05, 0) is 38.1 Å². The Morgan fingerprint density at radius 3 is 2.85 bits per heavy atom. The summed E-state index contributed by atoms with van der Waals surface area (Å²) in [4.78, 5) is 6.98. The second-order valence-corrected chi connectivity index (χ2v) is 7.61. The number of hydrogen-bond acceptors (Lipinski definition) is 5. The normalized spacial score (nSPS) is 18.4. The number of nitrogens with zero attached hydrogens (tertiary/aromatic N) is 6. The number of imidazole rings is 1. The fraction of sp³-hybridized carbons (Fsp3) is 0.500. The summed E-state index contributed by atoms with van der Waals surface area (Å²) in [5.41, 5.74) is 2.13. The molecule has 144 valence electrons. The maximum atomic E-state index is 6.14. The van der Waals surface area contributed by atoms with Gasteiger partial charge in [0.2, 0.25) is 0 Å². The zero-order valence-electron chi connectivity index (χ0n) is 15.0. The highest BCUT2D eigenvalue weighted by Gasteiger charge is 2.27. The van der Waals surface area contributed by atoms with E-state index < -0.39 is 0 Å². The average Bonchev–Trinajstić information content (AvgIpc) is 3.27. The van der Waals surface area contributed by atoms with Crippen molar-refractivity contribution in [2.24, 2.45) is 0 Å². The van der Waals surface area contributed by atoms with Crippen molar-refractivity contribution in [1.29, 1.82) is 0 Å². The Labute approximate surface area is 169 Å². The van der Waals surface area contributed by atoms with Gasteiger partial charge in [0.05, 0.1) is 23.5 Å². The SMILES string of the molecule is Cl.Clc1ccc2ncc(CN3CCC(c4nnc5n4CCNC5)CC3)n2c1. The van der Waals surface area contributed by atoms with Crippen molar-refractivity contribution in [3.63, 3.8) is 0 Å². The van der Waals surface area contributed by atoms with Gasteiger partial charge in [0.15, 0.2) is 0 Å². The van der Waals surface area contributed by atoms with Crippen LogP contribution in [0.4, 0.5) is 0 Å². The van der Waals surface area contributed by atoms with E-state index in [0.717, 1.165) is 68.6 Å². The van der Waals surface area contributed by atoms with Gasteiger partial charge >= 0.3 is 0 Å². The molecular formula is C18H23Cl2N7. The molecule has 0 atom stereocenters. The molecular weight excluding hydrogens is 385 g/mol. The van der Waals surface area contributed by atoms with E-state index in [1.165, 1.54) is 11.5 Å². The molecule has 0 amide bonds. The van der Waals surface area contributed by atoms with Crippen LogP contribution >= 0.6 is 24.0 Å². The van der Waals surface area contributed by atoms with Crippen molar-refractivity contribution in [1.82, 2.24) is 34.4 Å². The number of fused-ring (bicyclic) bond motifs is 2. The Balaban J connectivity index is 0.00000180. The van der Waals surface area contributed by atoms with Crippen molar-refractivity contribution in [2.75, 3.05) is 19.6 Å². The predicted molar refractivity (Wildman–Crippen MR) is 106 cm³/mol. The Hall–Kier alpha value is -1.67. The lowest BCUT2D eigenvalue weighted by Gasteiger charge is -2.31. The first kappa shape index (κ1) is 18.7. The van der Waals surface area contributed by atoms with E-state index in [1.807, 2.05) is 24.5 Å². The molecule has 7 nitrogen and oxygen atoms in total. The van der Waals surface area contributed by atoms with E-state index in [4.69, 9.17) is 11.6 Å². The molecule has 0 aliphatic carbocycles. The first-order valence-electron chi connectivity index (χ1n) is 9.24. The molecule has 5 heterocycles. The highest BCUT2D eigenvalue weighted by molar-refractivity contribution is 6.30. The minimum Gasteiger partial charge on any atom is -0.312 e. The molecule has 1 N–H and O–H groups in total. The van der Waals surface area contributed by atoms with Gasteiger partial charge in [-0.25, -0.2) is 4.98 Å². The molecule has 1 saturated heterocycles. The van der Waals surface area contributed by atoms with Gasteiger partial charge in [0.25, 0.3) is 0 Å². The number of hydrogen-bond donors (Lipinski definition) is 1. The molecule has 0 radical (unpaired) electrons. The van der Waals surface area contributed by atoms with Gasteiger partial charge in [-0.1, -0.05) is 11.6 Å². The second kappa shape index (κ2) is 7.75. The van der Waals surface area contributed by atoms with Crippen LogP contribution in [0.3, 0.4) is 0 Å². The predicted octanol–water partition coefficient (Wildman–Crippen LogP) is 2.48. The van der Waals surface area contributed by atoms with E-state index in [1.54, 1.807) is 0 Å². The van der Waals surface area contributed by atoms with Crippen molar-refractivity contribution in [3.05, 3.63) is 46.9 Å². The van der Waals surface area contributed by atoms with Crippen LogP contribution in [0.15, 0.2) is 24.5 Å². The molecule has 9 heteroatoms. The summed E-state index contributed by atoms with van der Waals surface area (Å²) in [5.74, 6) is 2.78. The second-order valence-electron chi connectivity index (χ2n) is 7.18. The summed E-state index contributed by atoms with van der Waals surface area (Å²) >= 11 is 6.14. The van der Waals surface area contributed by atoms with Crippen LogP contribution in [0.25, 0.3) is 5.65 Å². The molecule has 0 saturated carbocycles. The lowest BCUT2D eigenvalue weighted by Crippen LogP contribution is -2.35. The van der Waals surface area contributed by atoms with Crippen molar-refractivity contribution < 1.29 is 0 Å². The highest BCUT2D eigenvalue weighted by atomic mass is 35.5. The summed E-state index contributed by atoms with van der Waals surface area (Å²) in [6.45, 7) is 5.87. The van der Waals surface area contributed by atoms with Crippen LogP contribution in [0, 0.1) is 0 Å². The standard InChI is InChI=1S/C18H22ClN7.ClH/c19-14-1-2-16-21-9-15(26(16)11-14)12-24-6-3-13(4-7-24)18-23-22-17-10-20-5-8-25(17)18;/h1-2,9,11,13,20H,3-8,10,12H2;1H. The molecule has 0 unspecified atom stereocenters. The Morgan fingerprint density at radius 2 is 2.00 bits per heavy atom. The van der Waals surface area contributed by atoms with Crippen LogP contribution in [-0.2, 0) is 19.6 Å². The van der Waals surface area contributed by atoms with E-state index in [0.29, 0.717) is 5.92 Å². The van der Waals surface area contributed by atoms with Crippen LogP contribution in [0.1, 0.15) is 36.1 Å². The number of halogens is 2. The van der Waals surface area contributed by atoms with E-state index in [2.05, 4.69) is 34.4 Å². The third kappa shape index (κ3) is 3.57. The van der Waals surface area contributed by atoms with E-state index in [9.17, 15) is 0 Å². The summed E-state index contributed by atoms with van der Waals surface area (Å²) < 4.78 is 4.42. The number of rotatable bonds is 3.